The Morgan fingerprint density at radius 1 is 1.21 bits per heavy atom. The van der Waals surface area contributed by atoms with Crippen LogP contribution in [0.4, 0.5) is 5.69 Å². The van der Waals surface area contributed by atoms with Gasteiger partial charge in [-0.3, -0.25) is 4.79 Å². The van der Waals surface area contributed by atoms with Crippen LogP contribution in [0.15, 0.2) is 24.3 Å². The van der Waals surface area contributed by atoms with Crippen molar-refractivity contribution in [3.05, 3.63) is 29.8 Å². The Bertz CT molecular complexity index is 464. The molecule has 0 bridgehead atoms. The summed E-state index contributed by atoms with van der Waals surface area (Å²) in [6, 6.07) is 8.39. The minimum atomic E-state index is 0.317. The van der Waals surface area contributed by atoms with Gasteiger partial charge in [-0.25, -0.2) is 0 Å². The third-order valence-corrected chi connectivity index (χ3v) is 4.12. The fourth-order valence-electron chi connectivity index (χ4n) is 2.57. The SMILES string of the molecule is Nc1ccccc1CCC(=O)N(CC1CC1)C1CC1. The number of hydrogen-bond acceptors (Lipinski definition) is 2. The molecule has 2 aliphatic rings. The van der Waals surface area contributed by atoms with Crippen LogP contribution in [0, 0.1) is 5.92 Å². The lowest BCUT2D eigenvalue weighted by atomic mass is 10.1. The van der Waals surface area contributed by atoms with E-state index < -0.39 is 0 Å². The lowest BCUT2D eigenvalue weighted by Gasteiger charge is -2.22. The van der Waals surface area contributed by atoms with Crippen LogP contribution in [0.25, 0.3) is 0 Å². The van der Waals surface area contributed by atoms with E-state index in [-0.39, 0.29) is 0 Å². The molecule has 0 aromatic heterocycles. The predicted octanol–water partition coefficient (Wildman–Crippen LogP) is 2.60. The highest BCUT2D eigenvalue weighted by atomic mass is 16.2. The number of anilines is 1. The molecule has 0 spiro atoms. The Morgan fingerprint density at radius 2 is 1.95 bits per heavy atom. The van der Waals surface area contributed by atoms with E-state index in [9.17, 15) is 4.79 Å². The van der Waals surface area contributed by atoms with Crippen LogP contribution in [-0.4, -0.2) is 23.4 Å². The number of carbonyl (C=O) groups is 1. The maximum atomic E-state index is 12.4. The Labute approximate surface area is 114 Å². The molecule has 0 saturated heterocycles. The second-order valence-electron chi connectivity index (χ2n) is 5.92. The molecule has 2 N–H and O–H groups in total. The van der Waals surface area contributed by atoms with Crippen molar-refractivity contribution in [1.82, 2.24) is 4.90 Å². The highest BCUT2D eigenvalue weighted by Gasteiger charge is 2.36. The summed E-state index contributed by atoms with van der Waals surface area (Å²) in [5.74, 6) is 1.10. The average molecular weight is 258 g/mol. The molecule has 1 aromatic carbocycles. The van der Waals surface area contributed by atoms with Gasteiger partial charge in [0.1, 0.15) is 0 Å². The monoisotopic (exact) mass is 258 g/mol. The number of nitrogen functional groups attached to an aromatic ring is 1. The van der Waals surface area contributed by atoms with Crippen molar-refractivity contribution in [2.24, 2.45) is 5.92 Å². The van der Waals surface area contributed by atoms with Gasteiger partial charge in [0.15, 0.2) is 0 Å². The van der Waals surface area contributed by atoms with Gasteiger partial charge >= 0.3 is 0 Å². The van der Waals surface area contributed by atoms with E-state index in [4.69, 9.17) is 5.73 Å². The molecule has 2 fully saturated rings. The highest BCUT2D eigenvalue weighted by Crippen LogP contribution is 2.35. The van der Waals surface area contributed by atoms with E-state index in [1.165, 1.54) is 25.7 Å². The van der Waals surface area contributed by atoms with Crippen molar-refractivity contribution < 1.29 is 4.79 Å². The molecule has 0 aliphatic heterocycles. The summed E-state index contributed by atoms with van der Waals surface area (Å²) in [4.78, 5) is 14.5. The zero-order valence-electron chi connectivity index (χ0n) is 11.3. The molecule has 2 aliphatic carbocycles. The number of para-hydroxylation sites is 1. The van der Waals surface area contributed by atoms with E-state index in [0.29, 0.717) is 18.4 Å². The summed E-state index contributed by atoms with van der Waals surface area (Å²) in [7, 11) is 0. The molecule has 0 heterocycles. The molecule has 0 unspecified atom stereocenters. The van der Waals surface area contributed by atoms with Gasteiger partial charge < -0.3 is 10.6 Å². The molecule has 19 heavy (non-hydrogen) atoms. The average Bonchev–Trinajstić information content (AvgIpc) is 3.27. The number of carbonyl (C=O) groups excluding carboxylic acids is 1. The van der Waals surface area contributed by atoms with Crippen LogP contribution in [0.5, 0.6) is 0 Å². The van der Waals surface area contributed by atoms with Crippen LogP contribution in [0.2, 0.25) is 0 Å². The Hall–Kier alpha value is -1.51. The zero-order chi connectivity index (χ0) is 13.2. The first-order chi connectivity index (χ1) is 9.24. The van der Waals surface area contributed by atoms with Gasteiger partial charge in [0.2, 0.25) is 5.91 Å². The van der Waals surface area contributed by atoms with Gasteiger partial charge in [0.05, 0.1) is 0 Å². The minimum Gasteiger partial charge on any atom is -0.399 e. The summed E-state index contributed by atoms with van der Waals surface area (Å²) >= 11 is 0. The Balaban J connectivity index is 1.55. The highest BCUT2D eigenvalue weighted by molar-refractivity contribution is 5.77. The molecule has 3 nitrogen and oxygen atoms in total. The van der Waals surface area contributed by atoms with E-state index in [1.807, 2.05) is 24.3 Å². The summed E-state index contributed by atoms with van der Waals surface area (Å²) < 4.78 is 0. The molecular formula is C16H22N2O. The number of aryl methyl sites for hydroxylation is 1. The van der Waals surface area contributed by atoms with Crippen molar-refractivity contribution in [2.45, 2.75) is 44.6 Å². The topological polar surface area (TPSA) is 46.3 Å². The van der Waals surface area contributed by atoms with Gasteiger partial charge in [-0.05, 0) is 49.7 Å². The van der Waals surface area contributed by atoms with Crippen molar-refractivity contribution in [2.75, 3.05) is 12.3 Å². The first-order valence-corrected chi connectivity index (χ1v) is 7.37. The lowest BCUT2D eigenvalue weighted by Crippen LogP contribution is -2.35. The molecule has 3 heteroatoms. The smallest absolute Gasteiger partial charge is 0.223 e. The van der Waals surface area contributed by atoms with E-state index in [0.717, 1.165) is 30.1 Å². The van der Waals surface area contributed by atoms with Crippen LogP contribution in [0.3, 0.4) is 0 Å². The number of nitrogens with zero attached hydrogens (tertiary/aromatic N) is 1. The second kappa shape index (κ2) is 5.24. The number of benzene rings is 1. The zero-order valence-corrected chi connectivity index (χ0v) is 11.3. The second-order valence-corrected chi connectivity index (χ2v) is 5.92. The molecule has 0 radical (unpaired) electrons. The standard InChI is InChI=1S/C16H22N2O/c17-15-4-2-1-3-13(15)7-10-16(19)18(14-8-9-14)11-12-5-6-12/h1-4,12,14H,5-11,17H2. The van der Waals surface area contributed by atoms with Crippen LogP contribution in [0.1, 0.15) is 37.7 Å². The van der Waals surface area contributed by atoms with Crippen molar-refractivity contribution >= 4 is 11.6 Å². The fraction of sp³-hybridized carbons (Fsp3) is 0.562. The minimum absolute atomic E-state index is 0.317. The maximum Gasteiger partial charge on any atom is 0.223 e. The normalized spacial score (nSPS) is 18.3. The molecule has 0 atom stereocenters. The van der Waals surface area contributed by atoms with Gasteiger partial charge in [-0.2, -0.15) is 0 Å². The van der Waals surface area contributed by atoms with Crippen LogP contribution in [-0.2, 0) is 11.2 Å². The van der Waals surface area contributed by atoms with Gasteiger partial charge in [0, 0.05) is 24.7 Å². The van der Waals surface area contributed by atoms with E-state index >= 15 is 0 Å². The third kappa shape index (κ3) is 3.28. The summed E-state index contributed by atoms with van der Waals surface area (Å²) in [5.41, 5.74) is 7.82. The van der Waals surface area contributed by atoms with Gasteiger partial charge in [-0.1, -0.05) is 18.2 Å². The maximum absolute atomic E-state index is 12.4. The quantitative estimate of drug-likeness (QED) is 0.797. The predicted molar refractivity (Wildman–Crippen MR) is 76.6 cm³/mol. The number of nitrogens with two attached hydrogens (primary N) is 1. The first-order valence-electron chi connectivity index (χ1n) is 7.37. The number of amides is 1. The third-order valence-electron chi connectivity index (χ3n) is 4.12. The van der Waals surface area contributed by atoms with Crippen LogP contribution >= 0.6 is 0 Å². The molecule has 1 amide bonds. The molecular weight excluding hydrogens is 236 g/mol. The molecule has 1 aromatic rings. The number of rotatable bonds is 6. The van der Waals surface area contributed by atoms with Crippen molar-refractivity contribution in [3.63, 3.8) is 0 Å². The van der Waals surface area contributed by atoms with E-state index in [1.54, 1.807) is 0 Å². The van der Waals surface area contributed by atoms with Crippen LogP contribution < -0.4 is 5.73 Å². The van der Waals surface area contributed by atoms with E-state index in [2.05, 4.69) is 4.90 Å². The Kier molecular flexibility index (Phi) is 3.45. The van der Waals surface area contributed by atoms with Gasteiger partial charge in [0.25, 0.3) is 0 Å². The summed E-state index contributed by atoms with van der Waals surface area (Å²) in [6.07, 6.45) is 6.37. The van der Waals surface area contributed by atoms with Crippen molar-refractivity contribution in [3.8, 4) is 0 Å². The largest absolute Gasteiger partial charge is 0.399 e. The van der Waals surface area contributed by atoms with Gasteiger partial charge in [-0.15, -0.1) is 0 Å². The molecule has 102 valence electrons. The number of hydrogen-bond donors (Lipinski definition) is 1. The molecule has 3 rings (SSSR count). The summed E-state index contributed by atoms with van der Waals surface area (Å²) in [5, 5.41) is 0. The lowest BCUT2D eigenvalue weighted by molar-refractivity contribution is -0.132. The first kappa shape index (κ1) is 12.5. The van der Waals surface area contributed by atoms with Crippen molar-refractivity contribution in [1.29, 1.82) is 0 Å². The summed E-state index contributed by atoms with van der Waals surface area (Å²) in [6.45, 7) is 0.994. The molecule has 2 saturated carbocycles. The fourth-order valence-corrected chi connectivity index (χ4v) is 2.57. The Morgan fingerprint density at radius 3 is 2.58 bits per heavy atom.